The van der Waals surface area contributed by atoms with Crippen LogP contribution in [-0.2, 0) is 13.6 Å². The highest BCUT2D eigenvalue weighted by Gasteiger charge is 2.44. The summed E-state index contributed by atoms with van der Waals surface area (Å²) >= 11 is 0.757. The summed E-state index contributed by atoms with van der Waals surface area (Å²) in [5.41, 5.74) is 0. The summed E-state index contributed by atoms with van der Waals surface area (Å²) in [6, 6.07) is 0. The third-order valence-electron chi connectivity index (χ3n) is 1.91. The average molecular weight is 312 g/mol. The Labute approximate surface area is 108 Å². The summed E-state index contributed by atoms with van der Waals surface area (Å²) < 4.78 is 70.4. The second kappa shape index (κ2) is 7.72. The van der Waals surface area contributed by atoms with Crippen LogP contribution in [0.25, 0.3) is 0 Å². The van der Waals surface area contributed by atoms with E-state index in [1.807, 2.05) is 6.92 Å². The van der Waals surface area contributed by atoms with Crippen LogP contribution in [0.5, 0.6) is 0 Å². The van der Waals surface area contributed by atoms with Crippen molar-refractivity contribution in [2.24, 2.45) is 0 Å². The van der Waals surface area contributed by atoms with Gasteiger partial charge in [-0.3, -0.25) is 4.52 Å². The van der Waals surface area contributed by atoms with Crippen LogP contribution in [0.2, 0.25) is 0 Å². The van der Waals surface area contributed by atoms with E-state index >= 15 is 0 Å². The minimum absolute atomic E-state index is 0.0129. The molecule has 0 rings (SSSR count). The third-order valence-corrected chi connectivity index (χ3v) is 6.36. The fraction of sp³-hybridized carbons (Fsp3) is 1.00. The highest BCUT2D eigenvalue weighted by atomic mass is 32.7. The van der Waals surface area contributed by atoms with Gasteiger partial charge in [0.15, 0.2) is 0 Å². The highest BCUT2D eigenvalue weighted by Crippen LogP contribution is 2.63. The van der Waals surface area contributed by atoms with Gasteiger partial charge >= 0.3 is 19.1 Å². The Kier molecular flexibility index (Phi) is 7.82. The van der Waals surface area contributed by atoms with E-state index in [9.17, 15) is 22.1 Å². The second-order valence-corrected chi connectivity index (χ2v) is 7.92. The van der Waals surface area contributed by atoms with Crippen molar-refractivity contribution in [2.45, 2.75) is 44.8 Å². The summed E-state index contributed by atoms with van der Waals surface area (Å²) in [4.78, 5) is 0. The maximum absolute atomic E-state index is 12.7. The molecule has 0 fully saturated rings. The van der Waals surface area contributed by atoms with E-state index in [0.717, 1.165) is 11.4 Å². The van der Waals surface area contributed by atoms with Crippen molar-refractivity contribution in [3.8, 4) is 0 Å². The van der Waals surface area contributed by atoms with Crippen LogP contribution in [0.1, 0.15) is 27.2 Å². The van der Waals surface area contributed by atoms with Crippen LogP contribution >= 0.6 is 18.2 Å². The van der Waals surface area contributed by atoms with Crippen molar-refractivity contribution >= 4 is 18.2 Å². The molecular weight excluding hydrogens is 295 g/mol. The Morgan fingerprint density at radius 3 is 2.22 bits per heavy atom. The number of halogens is 4. The summed E-state index contributed by atoms with van der Waals surface area (Å²) in [6.07, 6.45) is -3.24. The van der Waals surface area contributed by atoms with E-state index in [1.54, 1.807) is 6.92 Å². The fourth-order valence-corrected chi connectivity index (χ4v) is 4.82. The van der Waals surface area contributed by atoms with Crippen LogP contribution in [0.15, 0.2) is 0 Å². The van der Waals surface area contributed by atoms with Gasteiger partial charge in [-0.25, -0.2) is 13.3 Å². The van der Waals surface area contributed by atoms with Crippen LogP contribution in [0.4, 0.5) is 17.6 Å². The van der Waals surface area contributed by atoms with Crippen LogP contribution < -0.4 is 0 Å². The van der Waals surface area contributed by atoms with E-state index in [-0.39, 0.29) is 11.9 Å². The van der Waals surface area contributed by atoms with Gasteiger partial charge in [-0.1, -0.05) is 13.8 Å². The van der Waals surface area contributed by atoms with Crippen molar-refractivity contribution in [1.82, 2.24) is 0 Å². The number of alkyl halides is 4. The average Bonchev–Trinajstić information content (AvgIpc) is 2.26. The molecule has 0 bridgehead atoms. The Hall–Kier alpha value is 0.220. The molecule has 0 spiro atoms. The van der Waals surface area contributed by atoms with Crippen LogP contribution in [0, 0.1) is 0 Å². The largest absolute Gasteiger partial charge is 0.389 e. The molecule has 9 heteroatoms. The second-order valence-electron chi connectivity index (χ2n) is 3.52. The lowest BCUT2D eigenvalue weighted by Gasteiger charge is -2.22. The molecule has 0 saturated carbocycles. The van der Waals surface area contributed by atoms with E-state index in [0.29, 0.717) is 6.42 Å². The Bertz CT molecular complexity index is 291. The lowest BCUT2D eigenvalue weighted by molar-refractivity contribution is -0.149. The zero-order valence-corrected chi connectivity index (χ0v) is 12.1. The Balaban J connectivity index is 4.57. The molecule has 110 valence electrons. The van der Waals surface area contributed by atoms with E-state index in [4.69, 9.17) is 4.52 Å². The van der Waals surface area contributed by atoms with E-state index in [2.05, 4.69) is 4.52 Å². The maximum atomic E-state index is 12.7. The van der Waals surface area contributed by atoms with Gasteiger partial charge in [-0.2, -0.15) is 8.78 Å². The summed E-state index contributed by atoms with van der Waals surface area (Å²) in [7, 11) is 0. The molecule has 0 heterocycles. The van der Waals surface area contributed by atoms with Gasteiger partial charge in [0.25, 0.3) is 0 Å². The van der Waals surface area contributed by atoms with Crippen molar-refractivity contribution in [3.05, 3.63) is 0 Å². The van der Waals surface area contributed by atoms with Gasteiger partial charge in [0.05, 0.1) is 6.61 Å². The van der Waals surface area contributed by atoms with E-state index < -0.39 is 25.8 Å². The zero-order chi connectivity index (χ0) is 14.4. The lowest BCUT2D eigenvalue weighted by Crippen LogP contribution is -2.31. The molecule has 2 atom stereocenters. The molecule has 0 aliphatic heterocycles. The Morgan fingerprint density at radius 1 is 1.28 bits per heavy atom. The first-order chi connectivity index (χ1) is 8.17. The Morgan fingerprint density at radius 2 is 1.83 bits per heavy atom. The van der Waals surface area contributed by atoms with Gasteiger partial charge in [0.2, 0.25) is 0 Å². The van der Waals surface area contributed by atoms with Gasteiger partial charge in [-0.05, 0) is 24.7 Å². The van der Waals surface area contributed by atoms with Gasteiger partial charge in [0.1, 0.15) is 6.61 Å². The standard InChI is InChI=1S/C9H17F4O3PS/c1-4-7(3)18-17(14,15-5-2)16-6-9(12,13)8(10)11/h7-8H,4-6H2,1-3H3. The SMILES string of the molecule is CCOP(=O)(OCC(F)(F)C(F)F)SC(C)CC. The quantitative estimate of drug-likeness (QED) is 0.461. The van der Waals surface area contributed by atoms with Crippen molar-refractivity contribution in [1.29, 1.82) is 0 Å². The number of hydrogen-bond acceptors (Lipinski definition) is 4. The molecule has 18 heavy (non-hydrogen) atoms. The van der Waals surface area contributed by atoms with Crippen LogP contribution in [-0.4, -0.2) is 30.8 Å². The highest BCUT2D eigenvalue weighted by molar-refractivity contribution is 8.55. The first kappa shape index (κ1) is 18.2. The number of hydrogen-bond donors (Lipinski definition) is 0. The monoisotopic (exact) mass is 312 g/mol. The van der Waals surface area contributed by atoms with Crippen molar-refractivity contribution in [2.75, 3.05) is 13.2 Å². The lowest BCUT2D eigenvalue weighted by atomic mass is 10.4. The molecule has 0 amide bonds. The topological polar surface area (TPSA) is 35.5 Å². The zero-order valence-electron chi connectivity index (χ0n) is 10.4. The van der Waals surface area contributed by atoms with Gasteiger partial charge in [0, 0.05) is 5.25 Å². The van der Waals surface area contributed by atoms with Crippen LogP contribution in [0.3, 0.4) is 0 Å². The fourth-order valence-electron chi connectivity index (χ4n) is 0.779. The summed E-state index contributed by atoms with van der Waals surface area (Å²) in [5, 5.41) is -0.150. The maximum Gasteiger partial charge on any atom is 0.389 e. The molecule has 0 N–H and O–H groups in total. The molecule has 0 aromatic carbocycles. The minimum Gasteiger partial charge on any atom is -0.301 e. The van der Waals surface area contributed by atoms with Gasteiger partial charge in [-0.15, -0.1) is 0 Å². The smallest absolute Gasteiger partial charge is 0.301 e. The van der Waals surface area contributed by atoms with Crippen molar-refractivity contribution < 1.29 is 31.2 Å². The molecular formula is C9H17F4O3PS. The van der Waals surface area contributed by atoms with Crippen molar-refractivity contribution in [3.63, 3.8) is 0 Å². The molecule has 0 aliphatic rings. The predicted octanol–water partition coefficient (Wildman–Crippen LogP) is 4.58. The molecule has 0 saturated heterocycles. The molecule has 0 radical (unpaired) electrons. The third kappa shape index (κ3) is 6.41. The number of rotatable bonds is 9. The minimum atomic E-state index is -4.33. The molecule has 0 aromatic rings. The summed E-state index contributed by atoms with van der Waals surface area (Å²) in [5.74, 6) is -4.33. The van der Waals surface area contributed by atoms with Gasteiger partial charge < -0.3 is 4.52 Å². The van der Waals surface area contributed by atoms with E-state index in [1.165, 1.54) is 6.92 Å². The molecule has 0 aliphatic carbocycles. The first-order valence-electron chi connectivity index (χ1n) is 5.40. The first-order valence-corrected chi connectivity index (χ1v) is 8.43. The molecule has 2 unspecified atom stereocenters. The normalized spacial score (nSPS) is 17.8. The molecule has 0 aromatic heterocycles. The molecule has 3 nitrogen and oxygen atoms in total. The predicted molar refractivity (Wildman–Crippen MR) is 63.5 cm³/mol. The summed E-state index contributed by atoms with van der Waals surface area (Å²) in [6.45, 7) is -0.425.